The van der Waals surface area contributed by atoms with Crippen LogP contribution in [0.2, 0.25) is 0 Å². The number of carbonyl (C=O) groups excluding carboxylic acids is 1. The fourth-order valence-electron chi connectivity index (χ4n) is 1.98. The molecule has 0 bridgehead atoms. The normalized spacial score (nSPS) is 10.7. The second-order valence-corrected chi connectivity index (χ2v) is 4.56. The van der Waals surface area contributed by atoms with Gasteiger partial charge in [0.1, 0.15) is 0 Å². The Morgan fingerprint density at radius 3 is 2.90 bits per heavy atom. The van der Waals surface area contributed by atoms with Crippen LogP contribution in [0.15, 0.2) is 12.3 Å². The first-order valence-corrected chi connectivity index (χ1v) is 6.28. The summed E-state index contributed by atoms with van der Waals surface area (Å²) in [4.78, 5) is 26.5. The minimum atomic E-state index is -0.867. The van der Waals surface area contributed by atoms with Gasteiger partial charge in [-0.25, -0.2) is 4.98 Å². The van der Waals surface area contributed by atoms with Crippen molar-refractivity contribution < 1.29 is 14.7 Å². The maximum absolute atomic E-state index is 11.9. The first-order chi connectivity index (χ1) is 9.49. The Balaban J connectivity index is 2.07. The lowest BCUT2D eigenvalue weighted by Gasteiger charge is -2.04. The zero-order chi connectivity index (χ0) is 14.7. The van der Waals surface area contributed by atoms with Gasteiger partial charge in [0.25, 0.3) is 5.91 Å². The van der Waals surface area contributed by atoms with E-state index in [2.05, 4.69) is 15.4 Å². The number of hydrogen-bond acceptors (Lipinski definition) is 4. The van der Waals surface area contributed by atoms with Gasteiger partial charge in [0, 0.05) is 31.6 Å². The lowest BCUT2D eigenvalue weighted by atomic mass is 10.2. The second-order valence-electron chi connectivity index (χ2n) is 4.56. The van der Waals surface area contributed by atoms with E-state index in [0.717, 1.165) is 16.7 Å². The number of carboxylic acids is 1. The van der Waals surface area contributed by atoms with Gasteiger partial charge in [-0.15, -0.1) is 0 Å². The molecule has 0 aromatic carbocycles. The number of hydrogen-bond donors (Lipinski definition) is 2. The van der Waals surface area contributed by atoms with Gasteiger partial charge in [-0.2, -0.15) is 5.10 Å². The van der Waals surface area contributed by atoms with Crippen molar-refractivity contribution in [3.8, 4) is 0 Å². The fraction of sp³-hybridized carbons (Fsp3) is 0.385. The quantitative estimate of drug-likeness (QED) is 0.790. The number of nitrogens with one attached hydrogen (secondary N) is 1. The van der Waals surface area contributed by atoms with E-state index in [4.69, 9.17) is 5.11 Å². The van der Waals surface area contributed by atoms with E-state index in [0.29, 0.717) is 18.5 Å². The molecular weight excluding hydrogens is 260 g/mol. The van der Waals surface area contributed by atoms with Crippen LogP contribution in [-0.4, -0.2) is 38.3 Å². The number of rotatable bonds is 5. The lowest BCUT2D eigenvalue weighted by molar-refractivity contribution is -0.137. The van der Waals surface area contributed by atoms with E-state index in [1.54, 1.807) is 17.8 Å². The predicted octanol–water partition coefficient (Wildman–Crippen LogP) is 0.871. The molecule has 0 saturated carbocycles. The molecule has 7 nitrogen and oxygen atoms in total. The van der Waals surface area contributed by atoms with Gasteiger partial charge in [0.15, 0.2) is 5.65 Å². The SMILES string of the molecule is Cc1nn(C)c2ncc(C(=O)NCCCC(=O)O)cc12. The van der Waals surface area contributed by atoms with Crippen molar-refractivity contribution in [3.63, 3.8) is 0 Å². The Labute approximate surface area is 115 Å². The molecule has 0 fully saturated rings. The van der Waals surface area contributed by atoms with Crippen LogP contribution < -0.4 is 5.32 Å². The summed E-state index contributed by atoms with van der Waals surface area (Å²) in [6.45, 7) is 2.19. The molecule has 1 amide bonds. The van der Waals surface area contributed by atoms with Crippen LogP contribution in [-0.2, 0) is 11.8 Å². The maximum Gasteiger partial charge on any atom is 0.303 e. The minimum Gasteiger partial charge on any atom is -0.481 e. The summed E-state index contributed by atoms with van der Waals surface area (Å²) in [5.41, 5.74) is 1.99. The van der Waals surface area contributed by atoms with Gasteiger partial charge < -0.3 is 10.4 Å². The number of aromatic nitrogens is 3. The highest BCUT2D eigenvalue weighted by atomic mass is 16.4. The molecule has 0 atom stereocenters. The number of carboxylic acid groups (broad SMARTS) is 1. The van der Waals surface area contributed by atoms with Crippen molar-refractivity contribution >= 4 is 22.9 Å². The average molecular weight is 276 g/mol. The molecule has 7 heteroatoms. The zero-order valence-electron chi connectivity index (χ0n) is 11.4. The average Bonchev–Trinajstić information content (AvgIpc) is 2.69. The summed E-state index contributed by atoms with van der Waals surface area (Å²) in [5.74, 6) is -1.12. The number of aryl methyl sites for hydroxylation is 2. The summed E-state index contributed by atoms with van der Waals surface area (Å²) in [7, 11) is 1.80. The van der Waals surface area contributed by atoms with Crippen LogP contribution in [0.4, 0.5) is 0 Å². The van der Waals surface area contributed by atoms with Crippen LogP contribution in [0.5, 0.6) is 0 Å². The summed E-state index contributed by atoms with van der Waals surface area (Å²) in [6.07, 6.45) is 1.94. The third-order valence-electron chi connectivity index (χ3n) is 2.98. The molecule has 0 aliphatic carbocycles. The summed E-state index contributed by atoms with van der Waals surface area (Å²) >= 11 is 0. The lowest BCUT2D eigenvalue weighted by Crippen LogP contribution is -2.25. The molecule has 2 rings (SSSR count). The molecule has 2 aromatic rings. The van der Waals surface area contributed by atoms with Crippen molar-refractivity contribution in [1.29, 1.82) is 0 Å². The first-order valence-electron chi connectivity index (χ1n) is 6.28. The summed E-state index contributed by atoms with van der Waals surface area (Å²) < 4.78 is 1.67. The Morgan fingerprint density at radius 1 is 1.45 bits per heavy atom. The monoisotopic (exact) mass is 276 g/mol. The molecule has 0 aliphatic rings. The predicted molar refractivity (Wildman–Crippen MR) is 72.4 cm³/mol. The number of fused-ring (bicyclic) bond motifs is 1. The van der Waals surface area contributed by atoms with Gasteiger partial charge in [0.05, 0.1) is 11.3 Å². The number of carbonyl (C=O) groups is 2. The molecule has 0 saturated heterocycles. The highest BCUT2D eigenvalue weighted by Gasteiger charge is 2.11. The molecule has 106 valence electrons. The van der Waals surface area contributed by atoms with Crippen molar-refractivity contribution in [2.75, 3.05) is 6.54 Å². The molecular formula is C13H16N4O3. The van der Waals surface area contributed by atoms with Crippen LogP contribution in [0.25, 0.3) is 11.0 Å². The highest BCUT2D eigenvalue weighted by Crippen LogP contribution is 2.16. The topological polar surface area (TPSA) is 97.1 Å². The van der Waals surface area contributed by atoms with E-state index >= 15 is 0 Å². The Morgan fingerprint density at radius 2 is 2.20 bits per heavy atom. The molecule has 2 heterocycles. The second kappa shape index (κ2) is 5.68. The standard InChI is InChI=1S/C13H16N4O3/c1-8-10-6-9(7-15-12(10)17(2)16-8)13(20)14-5-3-4-11(18)19/h6-7H,3-5H2,1-2H3,(H,14,20)(H,18,19). The Bertz CT molecular complexity index is 663. The highest BCUT2D eigenvalue weighted by molar-refractivity contribution is 5.97. The van der Waals surface area contributed by atoms with Crippen molar-refractivity contribution in [3.05, 3.63) is 23.5 Å². The van der Waals surface area contributed by atoms with E-state index in [-0.39, 0.29) is 12.3 Å². The molecule has 0 spiro atoms. The first kappa shape index (κ1) is 14.0. The van der Waals surface area contributed by atoms with Crippen molar-refractivity contribution in [2.24, 2.45) is 7.05 Å². The molecule has 0 aliphatic heterocycles. The molecule has 0 radical (unpaired) electrons. The molecule has 2 N–H and O–H groups in total. The number of pyridine rings is 1. The molecule has 2 aromatic heterocycles. The fourth-order valence-corrected chi connectivity index (χ4v) is 1.98. The van der Waals surface area contributed by atoms with Crippen LogP contribution in [0.3, 0.4) is 0 Å². The zero-order valence-corrected chi connectivity index (χ0v) is 11.4. The van der Waals surface area contributed by atoms with Crippen molar-refractivity contribution in [2.45, 2.75) is 19.8 Å². The van der Waals surface area contributed by atoms with Gasteiger partial charge in [-0.1, -0.05) is 0 Å². The number of amides is 1. The molecule has 0 unspecified atom stereocenters. The van der Waals surface area contributed by atoms with Crippen LogP contribution in [0.1, 0.15) is 28.9 Å². The van der Waals surface area contributed by atoms with Gasteiger partial charge in [-0.3, -0.25) is 14.3 Å². The summed E-state index contributed by atoms with van der Waals surface area (Å²) in [6, 6.07) is 1.75. The van der Waals surface area contributed by atoms with Gasteiger partial charge >= 0.3 is 5.97 Å². The van der Waals surface area contributed by atoms with Gasteiger partial charge in [0.2, 0.25) is 0 Å². The third-order valence-corrected chi connectivity index (χ3v) is 2.98. The molecule has 20 heavy (non-hydrogen) atoms. The Hall–Kier alpha value is -2.44. The largest absolute Gasteiger partial charge is 0.481 e. The number of aliphatic carboxylic acids is 1. The van der Waals surface area contributed by atoms with Crippen LogP contribution >= 0.6 is 0 Å². The maximum atomic E-state index is 11.9. The Kier molecular flexibility index (Phi) is 3.97. The minimum absolute atomic E-state index is 0.0410. The van der Waals surface area contributed by atoms with Crippen molar-refractivity contribution in [1.82, 2.24) is 20.1 Å². The van der Waals surface area contributed by atoms with E-state index in [1.165, 1.54) is 6.20 Å². The van der Waals surface area contributed by atoms with Crippen LogP contribution in [0, 0.1) is 6.92 Å². The van der Waals surface area contributed by atoms with E-state index in [9.17, 15) is 9.59 Å². The third kappa shape index (κ3) is 2.93. The summed E-state index contributed by atoms with van der Waals surface area (Å²) in [5, 5.41) is 16.3. The van der Waals surface area contributed by atoms with E-state index < -0.39 is 5.97 Å². The van der Waals surface area contributed by atoms with Gasteiger partial charge in [-0.05, 0) is 19.4 Å². The number of nitrogens with zero attached hydrogens (tertiary/aromatic N) is 3. The smallest absolute Gasteiger partial charge is 0.303 e. The van der Waals surface area contributed by atoms with E-state index in [1.807, 2.05) is 6.92 Å².